The molecule has 0 amide bonds. The van der Waals surface area contributed by atoms with Crippen molar-refractivity contribution < 1.29 is 4.79 Å². The summed E-state index contributed by atoms with van der Waals surface area (Å²) in [7, 11) is 3.85. The van der Waals surface area contributed by atoms with Crippen LogP contribution in [0.4, 0.5) is 0 Å². The van der Waals surface area contributed by atoms with Gasteiger partial charge in [-0.3, -0.25) is 14.4 Å². The number of likely N-dealkylation sites (tertiary alicyclic amines) is 1. The Morgan fingerprint density at radius 2 is 2.21 bits per heavy atom. The molecule has 2 heterocycles. The van der Waals surface area contributed by atoms with E-state index in [9.17, 15) is 4.79 Å². The highest BCUT2D eigenvalue weighted by molar-refractivity contribution is 5.91. The molecule has 4 nitrogen and oxygen atoms in total. The first-order valence-electron chi connectivity index (χ1n) is 4.79. The second-order valence-corrected chi connectivity index (χ2v) is 4.07. The predicted molar refractivity (Wildman–Crippen MR) is 52.8 cm³/mol. The number of rotatable bonds is 1. The molecule has 1 saturated heterocycles. The monoisotopic (exact) mass is 193 g/mol. The van der Waals surface area contributed by atoms with Gasteiger partial charge in [0, 0.05) is 31.8 Å². The minimum Gasteiger partial charge on any atom is -0.297 e. The molecule has 0 aromatic carbocycles. The van der Waals surface area contributed by atoms with Crippen LogP contribution in [-0.4, -0.2) is 34.1 Å². The van der Waals surface area contributed by atoms with Crippen LogP contribution >= 0.6 is 0 Å². The number of hydrogen-bond acceptors (Lipinski definition) is 3. The number of Topliss-reactive ketones (excluding diaryl/α,β-unsaturated/α-hetero) is 1. The van der Waals surface area contributed by atoms with Gasteiger partial charge in [0.1, 0.15) is 5.54 Å². The van der Waals surface area contributed by atoms with E-state index >= 15 is 0 Å². The predicted octanol–water partition coefficient (Wildman–Crippen LogP) is 0.540. The fourth-order valence-corrected chi connectivity index (χ4v) is 2.00. The van der Waals surface area contributed by atoms with Crippen LogP contribution in [-0.2, 0) is 17.4 Å². The standard InChI is InChI=1S/C10H15N3O/c1-10(8-6-11-13(3)7-8)9(14)4-5-12(10)2/h6-7H,4-5H2,1-3H3. The molecule has 0 aliphatic carbocycles. The lowest BCUT2D eigenvalue weighted by Gasteiger charge is -2.29. The highest BCUT2D eigenvalue weighted by atomic mass is 16.1. The Morgan fingerprint density at radius 1 is 1.50 bits per heavy atom. The van der Waals surface area contributed by atoms with Crippen LogP contribution in [0.5, 0.6) is 0 Å². The molecule has 1 aliphatic heterocycles. The number of likely N-dealkylation sites (N-methyl/N-ethyl adjacent to an activating group) is 1. The van der Waals surface area contributed by atoms with E-state index in [2.05, 4.69) is 10.00 Å². The zero-order chi connectivity index (χ0) is 10.3. The summed E-state index contributed by atoms with van der Waals surface area (Å²) in [6, 6.07) is 0. The Hall–Kier alpha value is -1.16. The van der Waals surface area contributed by atoms with Crippen LogP contribution in [0.2, 0.25) is 0 Å². The lowest BCUT2D eigenvalue weighted by atomic mass is 9.91. The number of ketones is 1. The lowest BCUT2D eigenvalue weighted by Crippen LogP contribution is -2.40. The Bertz CT molecular complexity index is 371. The topological polar surface area (TPSA) is 38.1 Å². The van der Waals surface area contributed by atoms with Gasteiger partial charge in [-0.1, -0.05) is 0 Å². The van der Waals surface area contributed by atoms with Crippen molar-refractivity contribution in [3.63, 3.8) is 0 Å². The molecule has 1 atom stereocenters. The van der Waals surface area contributed by atoms with Crippen LogP contribution in [0, 0.1) is 0 Å². The Kier molecular flexibility index (Phi) is 1.96. The highest BCUT2D eigenvalue weighted by Gasteiger charge is 2.44. The van der Waals surface area contributed by atoms with Crippen molar-refractivity contribution in [1.29, 1.82) is 0 Å². The van der Waals surface area contributed by atoms with Gasteiger partial charge in [-0.05, 0) is 14.0 Å². The molecular formula is C10H15N3O. The van der Waals surface area contributed by atoms with Gasteiger partial charge in [-0.2, -0.15) is 5.10 Å². The zero-order valence-electron chi connectivity index (χ0n) is 8.82. The van der Waals surface area contributed by atoms with Crippen LogP contribution < -0.4 is 0 Å². The van der Waals surface area contributed by atoms with E-state index in [1.807, 2.05) is 27.2 Å². The third-order valence-electron chi connectivity index (χ3n) is 3.25. The number of aryl methyl sites for hydroxylation is 1. The van der Waals surface area contributed by atoms with Crippen molar-refractivity contribution in [3.8, 4) is 0 Å². The maximum Gasteiger partial charge on any atom is 0.158 e. The second-order valence-electron chi connectivity index (χ2n) is 4.07. The summed E-state index contributed by atoms with van der Waals surface area (Å²) in [6.07, 6.45) is 4.33. The summed E-state index contributed by atoms with van der Waals surface area (Å²) in [6.45, 7) is 2.81. The molecule has 4 heteroatoms. The molecule has 0 N–H and O–H groups in total. The van der Waals surface area contributed by atoms with Crippen LogP contribution in [0.15, 0.2) is 12.4 Å². The average Bonchev–Trinajstić information content (AvgIpc) is 2.67. The fraction of sp³-hybridized carbons (Fsp3) is 0.600. The van der Waals surface area contributed by atoms with E-state index in [0.29, 0.717) is 6.42 Å². The van der Waals surface area contributed by atoms with Gasteiger partial charge in [0.25, 0.3) is 0 Å². The second kappa shape index (κ2) is 2.92. The van der Waals surface area contributed by atoms with Gasteiger partial charge in [-0.25, -0.2) is 0 Å². The summed E-state index contributed by atoms with van der Waals surface area (Å²) < 4.78 is 1.74. The number of hydrogen-bond donors (Lipinski definition) is 0. The van der Waals surface area contributed by atoms with E-state index in [4.69, 9.17) is 0 Å². The molecule has 1 unspecified atom stereocenters. The van der Waals surface area contributed by atoms with Crippen molar-refractivity contribution in [2.75, 3.05) is 13.6 Å². The van der Waals surface area contributed by atoms with Crippen LogP contribution in [0.3, 0.4) is 0 Å². The van der Waals surface area contributed by atoms with E-state index in [0.717, 1.165) is 12.1 Å². The van der Waals surface area contributed by atoms with E-state index < -0.39 is 5.54 Å². The van der Waals surface area contributed by atoms with E-state index in [1.54, 1.807) is 10.9 Å². The van der Waals surface area contributed by atoms with Gasteiger partial charge in [0.05, 0.1) is 6.20 Å². The molecule has 14 heavy (non-hydrogen) atoms. The summed E-state index contributed by atoms with van der Waals surface area (Å²) in [4.78, 5) is 13.9. The minimum atomic E-state index is -0.464. The molecule has 2 rings (SSSR count). The Balaban J connectivity index is 2.44. The third-order valence-corrected chi connectivity index (χ3v) is 3.25. The number of aromatic nitrogens is 2. The lowest BCUT2D eigenvalue weighted by molar-refractivity contribution is -0.124. The smallest absolute Gasteiger partial charge is 0.158 e. The van der Waals surface area contributed by atoms with Crippen molar-refractivity contribution in [2.24, 2.45) is 7.05 Å². The van der Waals surface area contributed by atoms with Crippen LogP contribution in [0.1, 0.15) is 18.9 Å². The first kappa shape index (κ1) is 9.40. The molecule has 0 bridgehead atoms. The maximum absolute atomic E-state index is 11.8. The molecule has 1 aromatic heterocycles. The average molecular weight is 193 g/mol. The van der Waals surface area contributed by atoms with Gasteiger partial charge in [0.15, 0.2) is 5.78 Å². The zero-order valence-corrected chi connectivity index (χ0v) is 8.82. The van der Waals surface area contributed by atoms with Crippen molar-refractivity contribution in [1.82, 2.24) is 14.7 Å². The van der Waals surface area contributed by atoms with Gasteiger partial charge < -0.3 is 0 Å². The molecule has 1 fully saturated rings. The van der Waals surface area contributed by atoms with Crippen molar-refractivity contribution >= 4 is 5.78 Å². The Morgan fingerprint density at radius 3 is 2.64 bits per heavy atom. The molecule has 1 aromatic rings. The molecule has 76 valence electrons. The largest absolute Gasteiger partial charge is 0.297 e. The van der Waals surface area contributed by atoms with Gasteiger partial charge in [0.2, 0.25) is 0 Å². The normalized spacial score (nSPS) is 28.6. The molecule has 1 aliphatic rings. The van der Waals surface area contributed by atoms with Crippen molar-refractivity contribution in [2.45, 2.75) is 18.9 Å². The molecule has 0 radical (unpaired) electrons. The number of carbonyl (C=O) groups excluding carboxylic acids is 1. The summed E-state index contributed by atoms with van der Waals surface area (Å²) in [5.41, 5.74) is 0.527. The summed E-state index contributed by atoms with van der Waals surface area (Å²) in [5, 5.41) is 4.11. The fourth-order valence-electron chi connectivity index (χ4n) is 2.00. The quantitative estimate of drug-likeness (QED) is 0.653. The summed E-state index contributed by atoms with van der Waals surface area (Å²) in [5.74, 6) is 0.285. The summed E-state index contributed by atoms with van der Waals surface area (Å²) >= 11 is 0. The van der Waals surface area contributed by atoms with Gasteiger partial charge >= 0.3 is 0 Å². The molecule has 0 saturated carbocycles. The van der Waals surface area contributed by atoms with E-state index in [1.165, 1.54) is 0 Å². The van der Waals surface area contributed by atoms with Crippen LogP contribution in [0.25, 0.3) is 0 Å². The molecular weight excluding hydrogens is 178 g/mol. The number of carbonyl (C=O) groups is 1. The third kappa shape index (κ3) is 1.10. The van der Waals surface area contributed by atoms with E-state index in [-0.39, 0.29) is 5.78 Å². The van der Waals surface area contributed by atoms with Gasteiger partial charge in [-0.15, -0.1) is 0 Å². The SMILES string of the molecule is CN1CCC(=O)C1(C)c1cnn(C)c1. The Labute approximate surface area is 83.5 Å². The highest BCUT2D eigenvalue weighted by Crippen LogP contribution is 2.33. The van der Waals surface area contributed by atoms with Crippen molar-refractivity contribution in [3.05, 3.63) is 18.0 Å². The number of nitrogens with zero attached hydrogens (tertiary/aromatic N) is 3. The maximum atomic E-state index is 11.8. The minimum absolute atomic E-state index is 0.285. The first-order valence-corrected chi connectivity index (χ1v) is 4.79. The molecule has 0 spiro atoms. The first-order chi connectivity index (χ1) is 6.55.